The molecule has 0 unspecified atom stereocenters. The monoisotopic (exact) mass is 433 g/mol. The molecule has 6 nitrogen and oxygen atoms in total. The first-order valence-electron chi connectivity index (χ1n) is 11.7. The molecule has 1 N–H and O–H groups in total. The Balaban J connectivity index is 1.58. The molecule has 0 bridgehead atoms. The Morgan fingerprint density at radius 3 is 2.62 bits per heavy atom. The molecule has 0 aliphatic carbocycles. The average molecular weight is 434 g/mol. The van der Waals surface area contributed by atoms with Crippen molar-refractivity contribution in [3.63, 3.8) is 0 Å². The molecule has 1 aromatic carbocycles. The Morgan fingerprint density at radius 2 is 1.94 bits per heavy atom. The third-order valence-corrected chi connectivity index (χ3v) is 6.44. The van der Waals surface area contributed by atoms with Crippen LogP contribution in [0.4, 0.5) is 0 Å². The van der Waals surface area contributed by atoms with Gasteiger partial charge in [-0.15, -0.1) is 0 Å². The quantitative estimate of drug-likeness (QED) is 0.609. The van der Waals surface area contributed by atoms with Gasteiger partial charge < -0.3 is 5.32 Å². The molecule has 3 heterocycles. The summed E-state index contributed by atoms with van der Waals surface area (Å²) in [6.45, 7) is 15.5. The summed E-state index contributed by atoms with van der Waals surface area (Å²) in [6.07, 6.45) is 1.05. The average Bonchev–Trinajstić information content (AvgIpc) is 3.32. The van der Waals surface area contributed by atoms with Crippen LogP contribution in [0.1, 0.15) is 79.1 Å². The Labute approximate surface area is 191 Å². The number of fused-ring (bicyclic) bond motifs is 1. The van der Waals surface area contributed by atoms with Gasteiger partial charge in [0.2, 0.25) is 0 Å². The molecular formula is C26H35N5O. The molecule has 6 heteroatoms. The van der Waals surface area contributed by atoms with Gasteiger partial charge >= 0.3 is 0 Å². The zero-order valence-electron chi connectivity index (χ0n) is 20.1. The largest absolute Gasteiger partial charge is 0.350 e. The van der Waals surface area contributed by atoms with Crippen molar-refractivity contribution in [3.05, 3.63) is 58.5 Å². The fourth-order valence-electron chi connectivity index (χ4n) is 4.80. The number of hydrogen-bond acceptors (Lipinski definition) is 4. The van der Waals surface area contributed by atoms with Crippen LogP contribution in [0.25, 0.3) is 10.9 Å². The second kappa shape index (κ2) is 9.02. The number of nitrogens with one attached hydrogen (secondary N) is 1. The number of hydrogen-bond donors (Lipinski definition) is 1. The molecular weight excluding hydrogens is 398 g/mol. The third kappa shape index (κ3) is 4.42. The van der Waals surface area contributed by atoms with Crippen LogP contribution in [-0.2, 0) is 6.54 Å². The lowest BCUT2D eigenvalue weighted by molar-refractivity contribution is 0.0944. The first-order valence-corrected chi connectivity index (χ1v) is 11.7. The van der Waals surface area contributed by atoms with Crippen molar-refractivity contribution in [3.8, 4) is 0 Å². The number of amides is 1. The van der Waals surface area contributed by atoms with Crippen LogP contribution in [-0.4, -0.2) is 44.7 Å². The first kappa shape index (κ1) is 22.5. The van der Waals surface area contributed by atoms with Gasteiger partial charge in [-0.1, -0.05) is 18.2 Å². The number of likely N-dealkylation sites (tertiary alicyclic amines) is 1. The van der Waals surface area contributed by atoms with Gasteiger partial charge in [-0.25, -0.2) is 0 Å². The van der Waals surface area contributed by atoms with E-state index in [1.807, 2.05) is 44.2 Å². The van der Waals surface area contributed by atoms with Gasteiger partial charge in [0.05, 0.1) is 16.8 Å². The molecule has 3 aromatic rings. The molecule has 0 radical (unpaired) electrons. The van der Waals surface area contributed by atoms with Crippen LogP contribution in [0.15, 0.2) is 30.3 Å². The van der Waals surface area contributed by atoms with Gasteiger partial charge in [0.25, 0.3) is 5.91 Å². The van der Waals surface area contributed by atoms with Crippen LogP contribution in [0, 0.1) is 13.8 Å². The lowest BCUT2D eigenvalue weighted by Crippen LogP contribution is -2.30. The summed E-state index contributed by atoms with van der Waals surface area (Å²) in [7, 11) is 0. The fraction of sp³-hybridized carbons (Fsp3) is 0.500. The van der Waals surface area contributed by atoms with Gasteiger partial charge in [0.1, 0.15) is 0 Å². The van der Waals surface area contributed by atoms with E-state index in [2.05, 4.69) is 42.6 Å². The summed E-state index contributed by atoms with van der Waals surface area (Å²) < 4.78 is 2.13. The van der Waals surface area contributed by atoms with Crippen molar-refractivity contribution in [2.24, 2.45) is 0 Å². The normalized spacial score (nSPS) is 17.1. The predicted octanol–water partition coefficient (Wildman–Crippen LogP) is 4.76. The standard InChI is InChI=1S/C26H35N5O/c1-16(2)27-26(32)22-13-25(28-24-10-8-7-9-21(22)24)20-11-12-30(14-20)15-23-18(5)29-31(17(3)4)19(23)6/h7-10,13,16-17,20H,11-12,14-15H2,1-6H3,(H,27,32)/t20-/m0/s1. The van der Waals surface area contributed by atoms with Crippen molar-refractivity contribution in [1.29, 1.82) is 0 Å². The maximum absolute atomic E-state index is 12.9. The van der Waals surface area contributed by atoms with E-state index in [-0.39, 0.29) is 11.9 Å². The van der Waals surface area contributed by atoms with E-state index < -0.39 is 0 Å². The van der Waals surface area contributed by atoms with Gasteiger partial charge in [-0.2, -0.15) is 5.10 Å². The Morgan fingerprint density at radius 1 is 1.19 bits per heavy atom. The van der Waals surface area contributed by atoms with E-state index in [9.17, 15) is 4.79 Å². The van der Waals surface area contributed by atoms with E-state index in [1.54, 1.807) is 0 Å². The predicted molar refractivity (Wildman–Crippen MR) is 129 cm³/mol. The molecule has 1 fully saturated rings. The van der Waals surface area contributed by atoms with Crippen molar-refractivity contribution < 1.29 is 4.79 Å². The summed E-state index contributed by atoms with van der Waals surface area (Å²) >= 11 is 0. The highest BCUT2D eigenvalue weighted by molar-refractivity contribution is 6.06. The van der Waals surface area contributed by atoms with Gasteiger partial charge in [0, 0.05) is 53.4 Å². The second-order valence-corrected chi connectivity index (χ2v) is 9.65. The number of carbonyl (C=O) groups excluding carboxylic acids is 1. The molecule has 1 amide bonds. The first-order chi connectivity index (χ1) is 15.2. The zero-order chi connectivity index (χ0) is 23.0. The van der Waals surface area contributed by atoms with E-state index >= 15 is 0 Å². The number of aromatic nitrogens is 3. The number of nitrogens with zero attached hydrogens (tertiary/aromatic N) is 4. The molecule has 2 aromatic heterocycles. The summed E-state index contributed by atoms with van der Waals surface area (Å²) in [5, 5.41) is 8.71. The maximum atomic E-state index is 12.9. The Hall–Kier alpha value is -2.73. The van der Waals surface area contributed by atoms with Crippen LogP contribution in [0.3, 0.4) is 0 Å². The van der Waals surface area contributed by atoms with Crippen LogP contribution >= 0.6 is 0 Å². The van der Waals surface area contributed by atoms with E-state index in [0.29, 0.717) is 12.0 Å². The number of pyridine rings is 1. The molecule has 1 saturated heterocycles. The molecule has 1 atom stereocenters. The fourth-order valence-corrected chi connectivity index (χ4v) is 4.80. The maximum Gasteiger partial charge on any atom is 0.252 e. The van der Waals surface area contributed by atoms with Gasteiger partial charge in [0.15, 0.2) is 0 Å². The van der Waals surface area contributed by atoms with Gasteiger partial charge in [-0.05, 0) is 66.6 Å². The topological polar surface area (TPSA) is 63.1 Å². The number of para-hydroxylation sites is 1. The number of aryl methyl sites for hydroxylation is 1. The molecule has 4 rings (SSSR count). The van der Waals surface area contributed by atoms with Crippen molar-refractivity contribution >= 4 is 16.8 Å². The van der Waals surface area contributed by atoms with Gasteiger partial charge in [-0.3, -0.25) is 19.4 Å². The zero-order valence-corrected chi connectivity index (χ0v) is 20.1. The lowest BCUT2D eigenvalue weighted by Gasteiger charge is -2.18. The summed E-state index contributed by atoms with van der Waals surface area (Å²) in [6, 6.07) is 10.4. The minimum Gasteiger partial charge on any atom is -0.350 e. The number of rotatable bonds is 6. The van der Waals surface area contributed by atoms with Crippen molar-refractivity contribution in [2.75, 3.05) is 13.1 Å². The molecule has 170 valence electrons. The molecule has 1 aliphatic rings. The highest BCUT2D eigenvalue weighted by atomic mass is 16.1. The van der Waals surface area contributed by atoms with Crippen molar-refractivity contribution in [2.45, 2.75) is 72.5 Å². The molecule has 0 spiro atoms. The summed E-state index contributed by atoms with van der Waals surface area (Å²) in [5.41, 5.74) is 6.35. The number of carbonyl (C=O) groups is 1. The van der Waals surface area contributed by atoms with E-state index in [0.717, 1.165) is 53.9 Å². The Bertz CT molecular complexity index is 1130. The van der Waals surface area contributed by atoms with Crippen LogP contribution < -0.4 is 5.32 Å². The number of benzene rings is 1. The molecule has 0 saturated carbocycles. The minimum absolute atomic E-state index is 0.0259. The van der Waals surface area contributed by atoms with Crippen LogP contribution in [0.2, 0.25) is 0 Å². The lowest BCUT2D eigenvalue weighted by atomic mass is 9.99. The molecule has 32 heavy (non-hydrogen) atoms. The van der Waals surface area contributed by atoms with E-state index in [1.165, 1.54) is 11.3 Å². The summed E-state index contributed by atoms with van der Waals surface area (Å²) in [4.78, 5) is 20.4. The highest BCUT2D eigenvalue weighted by Crippen LogP contribution is 2.31. The SMILES string of the molecule is Cc1nn(C(C)C)c(C)c1CN1CC[C@H](c2cc(C(=O)NC(C)C)c3ccccc3n2)C1. The highest BCUT2D eigenvalue weighted by Gasteiger charge is 2.28. The van der Waals surface area contributed by atoms with Crippen LogP contribution in [0.5, 0.6) is 0 Å². The minimum atomic E-state index is -0.0259. The third-order valence-electron chi connectivity index (χ3n) is 6.44. The smallest absolute Gasteiger partial charge is 0.252 e. The molecule has 1 aliphatic heterocycles. The summed E-state index contributed by atoms with van der Waals surface area (Å²) in [5.74, 6) is 0.299. The second-order valence-electron chi connectivity index (χ2n) is 9.65. The van der Waals surface area contributed by atoms with E-state index in [4.69, 9.17) is 10.1 Å². The Kier molecular flexibility index (Phi) is 6.33. The van der Waals surface area contributed by atoms with Crippen molar-refractivity contribution in [1.82, 2.24) is 25.0 Å².